The van der Waals surface area contributed by atoms with Crippen molar-refractivity contribution in [3.8, 4) is 0 Å². The molecule has 0 heterocycles. The molecular formula is C83H144O17P2. The summed E-state index contributed by atoms with van der Waals surface area (Å²) in [6, 6.07) is 0. The van der Waals surface area contributed by atoms with E-state index in [-0.39, 0.29) is 25.7 Å². The zero-order chi connectivity index (χ0) is 74.6. The SMILES string of the molecule is CCCCC/C=C\C/C=C\C/C=C\C/C=C\CCCC(=O)OC[C@H](COP(=O)(O)OC[C@@H](O)COP(=O)(O)OC[C@@H](COC(=O)CCCCCCC/C=C\CCCCCCCC)OC(=O)CCCCCCC/C=C\C/C=C\CCCCC)OC(=O)CCCCCCC/C=C\C/C=C\CCCCC. The normalized spacial score (nSPS) is 14.5. The molecule has 0 aromatic rings. The molecule has 0 fully saturated rings. The summed E-state index contributed by atoms with van der Waals surface area (Å²) in [5.74, 6) is -2.27. The van der Waals surface area contributed by atoms with Gasteiger partial charge in [-0.15, -0.1) is 0 Å². The second-order valence-electron chi connectivity index (χ2n) is 26.6. The average Bonchev–Trinajstić information content (AvgIpc) is 0.923. The van der Waals surface area contributed by atoms with Gasteiger partial charge >= 0.3 is 39.5 Å². The standard InChI is InChI=1S/C83H144O17P2/c1-5-9-13-17-21-25-29-33-37-38-42-44-48-52-56-60-64-68-81(86)94-74-79(100-83(88)70-66-62-58-54-50-46-41-36-32-28-24-20-16-12-8-4)76-98-102(91,92)96-72-77(84)71-95-101(89,90)97-75-78(99-82(87)69-65-61-57-53-49-45-40-35-31-27-23-19-15-11-7-3)73-93-80(85)67-63-59-55-51-47-43-39-34-30-26-22-18-14-10-6-2/h21,23-25,27-28,33-37,39-42,44,52,56,77-79,84H,5-20,22,26,29-32,38,43,45-51,53-55,57-76H2,1-4H3,(H,89,90)(H,91,92)/b25-21-,27-23-,28-24-,37-33-,39-34-,40-35-,41-36-,44-42-,56-52-/t77-,78+,79+/m0/s1. The van der Waals surface area contributed by atoms with E-state index in [1.807, 2.05) is 12.2 Å². The zero-order valence-corrected chi connectivity index (χ0v) is 66.0. The molecule has 0 rings (SSSR count). The molecule has 0 aliphatic carbocycles. The summed E-state index contributed by atoms with van der Waals surface area (Å²) >= 11 is 0. The minimum atomic E-state index is -4.99. The van der Waals surface area contributed by atoms with Gasteiger partial charge in [-0.3, -0.25) is 37.3 Å². The van der Waals surface area contributed by atoms with E-state index in [1.54, 1.807) is 0 Å². The number of allylic oxidation sites excluding steroid dienone is 18. The number of aliphatic hydroxyl groups excluding tert-OH is 1. The van der Waals surface area contributed by atoms with Crippen molar-refractivity contribution in [3.63, 3.8) is 0 Å². The second-order valence-corrected chi connectivity index (χ2v) is 29.5. The molecule has 102 heavy (non-hydrogen) atoms. The number of hydrogen-bond acceptors (Lipinski definition) is 15. The molecule has 2 unspecified atom stereocenters. The fourth-order valence-corrected chi connectivity index (χ4v) is 12.1. The quantitative estimate of drug-likeness (QED) is 0.0169. The number of carbonyl (C=O) groups excluding carboxylic acids is 4. The minimum absolute atomic E-state index is 0.0659. The molecule has 0 aromatic heterocycles. The van der Waals surface area contributed by atoms with E-state index in [4.69, 9.17) is 37.0 Å². The van der Waals surface area contributed by atoms with Gasteiger partial charge in [-0.05, 0) is 154 Å². The van der Waals surface area contributed by atoms with Crippen molar-refractivity contribution >= 4 is 39.5 Å². The molecule has 5 atom stereocenters. The Kier molecular flexibility index (Phi) is 71.8. The van der Waals surface area contributed by atoms with Crippen LogP contribution < -0.4 is 0 Å². The lowest BCUT2D eigenvalue weighted by Gasteiger charge is -2.21. The smallest absolute Gasteiger partial charge is 0.462 e. The van der Waals surface area contributed by atoms with E-state index in [9.17, 15) is 43.2 Å². The molecule has 0 radical (unpaired) electrons. The molecule has 0 bridgehead atoms. The van der Waals surface area contributed by atoms with Gasteiger partial charge in [0.05, 0.1) is 26.4 Å². The van der Waals surface area contributed by atoms with Crippen LogP contribution in [0.3, 0.4) is 0 Å². The van der Waals surface area contributed by atoms with Crippen molar-refractivity contribution in [1.29, 1.82) is 0 Å². The highest BCUT2D eigenvalue weighted by molar-refractivity contribution is 7.47. The average molecular weight is 1480 g/mol. The lowest BCUT2D eigenvalue weighted by atomic mass is 10.1. The van der Waals surface area contributed by atoms with E-state index in [1.165, 1.54) is 96.3 Å². The molecule has 19 heteroatoms. The topological polar surface area (TPSA) is 237 Å². The van der Waals surface area contributed by atoms with Crippen LogP contribution in [0.2, 0.25) is 0 Å². The highest BCUT2D eigenvalue weighted by Crippen LogP contribution is 2.45. The third-order valence-electron chi connectivity index (χ3n) is 16.7. The first-order valence-corrected chi connectivity index (χ1v) is 43.1. The maximum atomic E-state index is 13.1. The molecule has 0 spiro atoms. The van der Waals surface area contributed by atoms with Gasteiger partial charge in [0.2, 0.25) is 0 Å². The Balaban J connectivity index is 5.43. The van der Waals surface area contributed by atoms with Crippen molar-refractivity contribution in [2.75, 3.05) is 39.6 Å². The monoisotopic (exact) mass is 1470 g/mol. The van der Waals surface area contributed by atoms with Gasteiger partial charge in [-0.25, -0.2) is 9.13 Å². The molecule has 17 nitrogen and oxygen atoms in total. The van der Waals surface area contributed by atoms with E-state index in [0.29, 0.717) is 32.1 Å². The maximum Gasteiger partial charge on any atom is 0.472 e. The van der Waals surface area contributed by atoms with Gasteiger partial charge in [-0.1, -0.05) is 265 Å². The van der Waals surface area contributed by atoms with Crippen LogP contribution in [0.25, 0.3) is 0 Å². The molecular weight excluding hydrogens is 1330 g/mol. The Morgan fingerprint density at radius 3 is 0.804 bits per heavy atom. The van der Waals surface area contributed by atoms with Crippen LogP contribution in [0.4, 0.5) is 0 Å². The first-order chi connectivity index (χ1) is 49.7. The summed E-state index contributed by atoms with van der Waals surface area (Å²) in [5, 5.41) is 10.6. The van der Waals surface area contributed by atoms with Crippen LogP contribution in [0.5, 0.6) is 0 Å². The predicted octanol–water partition coefficient (Wildman–Crippen LogP) is 23.3. The van der Waals surface area contributed by atoms with Crippen LogP contribution in [-0.2, 0) is 65.4 Å². The van der Waals surface area contributed by atoms with Crippen LogP contribution >= 0.6 is 15.6 Å². The number of phosphoric acid groups is 2. The van der Waals surface area contributed by atoms with Crippen LogP contribution in [0.1, 0.15) is 336 Å². The lowest BCUT2D eigenvalue weighted by molar-refractivity contribution is -0.161. The molecule has 0 aromatic carbocycles. The number of phosphoric ester groups is 2. The minimum Gasteiger partial charge on any atom is -0.462 e. The van der Waals surface area contributed by atoms with E-state index < -0.39 is 97.5 Å². The van der Waals surface area contributed by atoms with Crippen LogP contribution in [0, 0.1) is 0 Å². The zero-order valence-electron chi connectivity index (χ0n) is 64.3. The summed E-state index contributed by atoms with van der Waals surface area (Å²) in [6.07, 6.45) is 80.7. The molecule has 0 saturated carbocycles. The Hall–Kier alpha value is -4.28. The summed E-state index contributed by atoms with van der Waals surface area (Å²) < 4.78 is 68.5. The van der Waals surface area contributed by atoms with E-state index >= 15 is 0 Å². The fraction of sp³-hybridized carbons (Fsp3) is 0.735. The summed E-state index contributed by atoms with van der Waals surface area (Å²) in [5.41, 5.74) is 0. The molecule has 0 aliphatic rings. The van der Waals surface area contributed by atoms with Gasteiger partial charge in [0.15, 0.2) is 12.2 Å². The third kappa shape index (κ3) is 74.0. The van der Waals surface area contributed by atoms with Crippen molar-refractivity contribution in [1.82, 2.24) is 0 Å². The van der Waals surface area contributed by atoms with Gasteiger partial charge in [0, 0.05) is 25.7 Å². The number of hydrogen-bond donors (Lipinski definition) is 3. The van der Waals surface area contributed by atoms with Crippen LogP contribution in [-0.4, -0.2) is 96.7 Å². The Morgan fingerprint density at radius 2 is 0.490 bits per heavy atom. The highest BCUT2D eigenvalue weighted by Gasteiger charge is 2.30. The van der Waals surface area contributed by atoms with E-state index in [0.717, 1.165) is 154 Å². The fourth-order valence-electron chi connectivity index (χ4n) is 10.5. The highest BCUT2D eigenvalue weighted by atomic mass is 31.2. The first-order valence-electron chi connectivity index (χ1n) is 40.1. The number of rotatable bonds is 75. The second kappa shape index (κ2) is 75.0. The molecule has 0 amide bonds. The van der Waals surface area contributed by atoms with Gasteiger partial charge in [-0.2, -0.15) is 0 Å². The lowest BCUT2D eigenvalue weighted by Crippen LogP contribution is -2.30. The predicted molar refractivity (Wildman–Crippen MR) is 418 cm³/mol. The number of unbranched alkanes of at least 4 members (excludes halogenated alkanes) is 31. The summed E-state index contributed by atoms with van der Waals surface area (Å²) in [4.78, 5) is 73.0. The number of ether oxygens (including phenoxy) is 4. The largest absolute Gasteiger partial charge is 0.472 e. The molecule has 588 valence electrons. The summed E-state index contributed by atoms with van der Waals surface area (Å²) in [7, 11) is -9.98. The first kappa shape index (κ1) is 97.7. The molecule has 3 N–H and O–H groups in total. The summed E-state index contributed by atoms with van der Waals surface area (Å²) in [6.45, 7) is 4.71. The number of esters is 4. The van der Waals surface area contributed by atoms with Gasteiger partial charge in [0.1, 0.15) is 19.3 Å². The molecule has 0 saturated heterocycles. The number of aliphatic hydroxyl groups is 1. The van der Waals surface area contributed by atoms with Gasteiger partial charge in [0.25, 0.3) is 0 Å². The maximum absolute atomic E-state index is 13.1. The van der Waals surface area contributed by atoms with Crippen molar-refractivity contribution in [2.24, 2.45) is 0 Å². The third-order valence-corrected chi connectivity index (χ3v) is 18.6. The van der Waals surface area contributed by atoms with E-state index in [2.05, 4.69) is 125 Å². The van der Waals surface area contributed by atoms with Gasteiger partial charge < -0.3 is 33.8 Å². The number of carbonyl (C=O) groups is 4. The van der Waals surface area contributed by atoms with Crippen molar-refractivity contribution in [2.45, 2.75) is 354 Å². The van der Waals surface area contributed by atoms with Crippen LogP contribution in [0.15, 0.2) is 109 Å². The molecule has 0 aliphatic heterocycles. The Bertz CT molecular complexity index is 2360. The Morgan fingerprint density at radius 1 is 0.275 bits per heavy atom. The van der Waals surface area contributed by atoms with Crippen molar-refractivity contribution in [3.05, 3.63) is 109 Å². The Labute approximate surface area is 619 Å². The van der Waals surface area contributed by atoms with Crippen molar-refractivity contribution < 1.29 is 80.2 Å².